The predicted molar refractivity (Wildman–Crippen MR) is 196 cm³/mol. The van der Waals surface area contributed by atoms with Crippen molar-refractivity contribution in [2.75, 3.05) is 33.5 Å². The molecule has 0 amide bonds. The van der Waals surface area contributed by atoms with Crippen LogP contribution in [0.1, 0.15) is 60.8 Å². The molecular formula is C38H37BrN2O10S. The summed E-state index contributed by atoms with van der Waals surface area (Å²) >= 11 is 4.78. The molecule has 0 fully saturated rings. The van der Waals surface area contributed by atoms with Gasteiger partial charge in [0, 0.05) is 0 Å². The van der Waals surface area contributed by atoms with E-state index in [0.29, 0.717) is 61.1 Å². The van der Waals surface area contributed by atoms with E-state index < -0.39 is 18.0 Å². The number of rotatable bonds is 14. The maximum absolute atomic E-state index is 14.2. The van der Waals surface area contributed by atoms with Crippen LogP contribution in [0.2, 0.25) is 0 Å². The van der Waals surface area contributed by atoms with Crippen molar-refractivity contribution in [3.63, 3.8) is 0 Å². The van der Waals surface area contributed by atoms with Crippen molar-refractivity contribution in [1.82, 2.24) is 4.57 Å². The van der Waals surface area contributed by atoms with Gasteiger partial charge in [-0.3, -0.25) is 9.36 Å². The molecule has 0 radical (unpaired) electrons. The summed E-state index contributed by atoms with van der Waals surface area (Å²) in [6.07, 6.45) is 1.75. The van der Waals surface area contributed by atoms with Gasteiger partial charge in [0.2, 0.25) is 0 Å². The van der Waals surface area contributed by atoms with E-state index in [0.717, 1.165) is 11.1 Å². The highest BCUT2D eigenvalue weighted by atomic mass is 79.9. The van der Waals surface area contributed by atoms with E-state index in [1.165, 1.54) is 23.0 Å². The molecule has 14 heteroatoms. The van der Waals surface area contributed by atoms with Gasteiger partial charge >= 0.3 is 17.9 Å². The first-order valence-electron chi connectivity index (χ1n) is 16.4. The number of thiazole rings is 1. The highest BCUT2D eigenvalue weighted by molar-refractivity contribution is 9.10. The van der Waals surface area contributed by atoms with Gasteiger partial charge in [-0.05, 0) is 103 Å². The molecule has 2 heterocycles. The third-order valence-corrected chi connectivity index (χ3v) is 9.39. The van der Waals surface area contributed by atoms with Crippen LogP contribution in [0.5, 0.6) is 17.2 Å². The zero-order valence-electron chi connectivity index (χ0n) is 29.2. The fourth-order valence-electron chi connectivity index (χ4n) is 5.37. The van der Waals surface area contributed by atoms with Crippen LogP contribution in [-0.2, 0) is 30.4 Å². The normalized spacial score (nSPS) is 13.9. The summed E-state index contributed by atoms with van der Waals surface area (Å²) in [6.45, 7) is 7.65. The minimum Gasteiger partial charge on any atom is -0.490 e. The second-order valence-electron chi connectivity index (χ2n) is 11.2. The van der Waals surface area contributed by atoms with Gasteiger partial charge in [-0.2, -0.15) is 0 Å². The Morgan fingerprint density at radius 2 is 1.58 bits per heavy atom. The van der Waals surface area contributed by atoms with Crippen molar-refractivity contribution in [1.29, 1.82) is 0 Å². The van der Waals surface area contributed by atoms with Gasteiger partial charge < -0.3 is 28.4 Å². The van der Waals surface area contributed by atoms with E-state index in [9.17, 15) is 19.2 Å². The molecule has 1 aromatic heterocycles. The molecule has 1 atom stereocenters. The van der Waals surface area contributed by atoms with Crippen LogP contribution in [0, 0.1) is 0 Å². The highest BCUT2D eigenvalue weighted by Gasteiger charge is 2.34. The number of allylic oxidation sites excluding steroid dienone is 1. The Balaban J connectivity index is 1.47. The molecular weight excluding hydrogens is 756 g/mol. The summed E-state index contributed by atoms with van der Waals surface area (Å²) < 4.78 is 35.2. The zero-order valence-corrected chi connectivity index (χ0v) is 31.6. The van der Waals surface area contributed by atoms with E-state index in [1.54, 1.807) is 70.2 Å². The van der Waals surface area contributed by atoms with Crippen LogP contribution < -0.4 is 29.1 Å². The number of carbonyl (C=O) groups excluding carboxylic acids is 3. The lowest BCUT2D eigenvalue weighted by molar-refractivity contribution is -0.143. The lowest BCUT2D eigenvalue weighted by Gasteiger charge is -2.25. The van der Waals surface area contributed by atoms with Crippen LogP contribution in [0.25, 0.3) is 6.08 Å². The number of ether oxygens (including phenoxy) is 6. The molecule has 1 aliphatic heterocycles. The average molecular weight is 794 g/mol. The van der Waals surface area contributed by atoms with Crippen LogP contribution in [0.15, 0.2) is 86.2 Å². The quantitative estimate of drug-likeness (QED) is 0.123. The third-order valence-electron chi connectivity index (χ3n) is 7.79. The van der Waals surface area contributed by atoms with E-state index in [-0.39, 0.29) is 36.9 Å². The molecule has 0 saturated carbocycles. The van der Waals surface area contributed by atoms with E-state index >= 15 is 0 Å². The number of benzene rings is 3. The van der Waals surface area contributed by atoms with Crippen molar-refractivity contribution in [2.24, 2.45) is 4.99 Å². The summed E-state index contributed by atoms with van der Waals surface area (Å²) in [7, 11) is 1.27. The van der Waals surface area contributed by atoms with Gasteiger partial charge in [-0.15, -0.1) is 0 Å². The molecule has 12 nitrogen and oxygen atoms in total. The zero-order chi connectivity index (χ0) is 37.4. The Hall–Kier alpha value is -5.21. The largest absolute Gasteiger partial charge is 0.490 e. The molecule has 272 valence electrons. The Kier molecular flexibility index (Phi) is 12.7. The number of nitrogens with zero attached hydrogens (tertiary/aromatic N) is 2. The SMILES string of the molecule is CCOC(=O)C1=C(C)N=c2s/c(=C/c3ccc(OCc4ccc(C(=O)OCC)cc4)c(Br)c3)c(=O)n2[C@@H]1c1ccc(OCC(=O)OC)c(OCC)c1. The number of fused-ring (bicyclic) bond motifs is 1. The Morgan fingerprint density at radius 3 is 2.25 bits per heavy atom. The van der Waals surface area contributed by atoms with E-state index in [1.807, 2.05) is 24.3 Å². The van der Waals surface area contributed by atoms with Crippen molar-refractivity contribution >= 4 is 51.3 Å². The molecule has 1 aliphatic rings. The standard InChI is InChI=1S/C38H37BrN2O10S/c1-6-47-30-19-26(14-16-29(30)51-21-32(42)46-5)34-33(37(45)49-8-3)22(4)40-38-41(34)35(43)31(52-38)18-24-11-15-28(27(39)17-24)50-20-23-9-12-25(13-10-23)36(44)48-7-2/h9-19,34H,6-8,20-21H2,1-5H3/b31-18+/t34-/m1/s1. The number of hydrogen-bond acceptors (Lipinski definition) is 12. The fraction of sp³-hybridized carbons (Fsp3) is 0.289. The summed E-state index contributed by atoms with van der Waals surface area (Å²) in [5.74, 6) is -0.320. The van der Waals surface area contributed by atoms with E-state index in [4.69, 9.17) is 23.7 Å². The number of carbonyl (C=O) groups is 3. The van der Waals surface area contributed by atoms with Crippen molar-refractivity contribution in [3.05, 3.63) is 118 Å². The van der Waals surface area contributed by atoms with Gasteiger partial charge in [-0.1, -0.05) is 35.6 Å². The molecule has 0 aliphatic carbocycles. The van der Waals surface area contributed by atoms with Gasteiger partial charge in [0.1, 0.15) is 12.4 Å². The number of halogens is 1. The number of aromatic nitrogens is 1. The summed E-state index contributed by atoms with van der Waals surface area (Å²) in [4.78, 5) is 56.3. The number of methoxy groups -OCH3 is 1. The number of hydrogen-bond donors (Lipinski definition) is 0. The van der Waals surface area contributed by atoms with Gasteiger partial charge in [0.05, 0.1) is 58.8 Å². The maximum atomic E-state index is 14.2. The van der Waals surface area contributed by atoms with Crippen molar-refractivity contribution in [3.8, 4) is 17.2 Å². The second kappa shape index (κ2) is 17.3. The Morgan fingerprint density at radius 1 is 0.865 bits per heavy atom. The Bertz CT molecular complexity index is 2190. The first kappa shape index (κ1) is 38.0. The van der Waals surface area contributed by atoms with E-state index in [2.05, 4.69) is 25.7 Å². The lowest BCUT2D eigenvalue weighted by Crippen LogP contribution is -2.40. The molecule has 3 aromatic carbocycles. The summed E-state index contributed by atoms with van der Waals surface area (Å²) in [6, 6.07) is 16.6. The van der Waals surface area contributed by atoms with Crippen LogP contribution in [-0.4, -0.2) is 56.0 Å². The first-order chi connectivity index (χ1) is 25.1. The molecule has 0 N–H and O–H groups in total. The average Bonchev–Trinajstić information content (AvgIpc) is 3.43. The summed E-state index contributed by atoms with van der Waals surface area (Å²) in [5.41, 5.74) is 2.90. The highest BCUT2D eigenvalue weighted by Crippen LogP contribution is 2.36. The van der Waals surface area contributed by atoms with Gasteiger partial charge in [0.25, 0.3) is 5.56 Å². The maximum Gasteiger partial charge on any atom is 0.343 e. The minimum absolute atomic E-state index is 0.133. The third kappa shape index (κ3) is 8.62. The predicted octanol–water partition coefficient (Wildman–Crippen LogP) is 5.27. The van der Waals surface area contributed by atoms with Gasteiger partial charge in [-0.25, -0.2) is 19.4 Å². The monoisotopic (exact) mass is 792 g/mol. The summed E-state index contributed by atoms with van der Waals surface area (Å²) in [5, 5.41) is 0. The fourth-order valence-corrected chi connectivity index (χ4v) is 6.93. The minimum atomic E-state index is -0.889. The van der Waals surface area contributed by atoms with Crippen molar-refractivity contribution in [2.45, 2.75) is 40.3 Å². The molecule has 5 rings (SSSR count). The van der Waals surface area contributed by atoms with Crippen LogP contribution in [0.3, 0.4) is 0 Å². The molecule has 52 heavy (non-hydrogen) atoms. The lowest BCUT2D eigenvalue weighted by atomic mass is 9.95. The molecule has 0 unspecified atom stereocenters. The number of esters is 3. The van der Waals surface area contributed by atoms with Crippen LogP contribution in [0.4, 0.5) is 0 Å². The molecule has 0 spiro atoms. The second-order valence-corrected chi connectivity index (χ2v) is 13.1. The molecule has 0 bridgehead atoms. The molecule has 0 saturated heterocycles. The smallest absolute Gasteiger partial charge is 0.343 e. The van der Waals surface area contributed by atoms with Crippen molar-refractivity contribution < 1.29 is 42.8 Å². The van der Waals surface area contributed by atoms with Gasteiger partial charge in [0.15, 0.2) is 22.9 Å². The Labute approximate surface area is 312 Å². The molecule has 4 aromatic rings. The first-order valence-corrected chi connectivity index (χ1v) is 18.0. The topological polar surface area (TPSA) is 141 Å². The van der Waals surface area contributed by atoms with Crippen LogP contribution >= 0.6 is 27.3 Å².